The van der Waals surface area contributed by atoms with Gasteiger partial charge in [-0.25, -0.2) is 4.85 Å². The Hall–Kier alpha value is -3.25. The highest BCUT2D eigenvalue weighted by molar-refractivity contribution is 7.09. The van der Waals surface area contributed by atoms with E-state index in [1.54, 1.807) is 18.2 Å². The molecule has 0 saturated heterocycles. The van der Waals surface area contributed by atoms with E-state index in [2.05, 4.69) is 9.83 Å². The predicted molar refractivity (Wildman–Crippen MR) is 106 cm³/mol. The first-order valence-electron chi connectivity index (χ1n) is 9.07. The van der Waals surface area contributed by atoms with E-state index in [-0.39, 0.29) is 33.9 Å². The lowest BCUT2D eigenvalue weighted by Crippen LogP contribution is -2.11. The molecular weight excluding hydrogens is 417 g/mol. The first-order valence-corrected chi connectivity index (χ1v) is 9.89. The summed E-state index contributed by atoms with van der Waals surface area (Å²) < 4.78 is 45.7. The number of alkyl halides is 3. The summed E-state index contributed by atoms with van der Waals surface area (Å²) in [5.74, 6) is -0.418. The summed E-state index contributed by atoms with van der Waals surface area (Å²) in [6, 6.07) is 8.23. The Morgan fingerprint density at radius 3 is 2.70 bits per heavy atom. The van der Waals surface area contributed by atoms with Crippen molar-refractivity contribution >= 4 is 17.0 Å². The van der Waals surface area contributed by atoms with Crippen LogP contribution in [0.25, 0.3) is 4.85 Å². The molecule has 0 amide bonds. The average Bonchev–Trinajstić information content (AvgIpc) is 3.04. The van der Waals surface area contributed by atoms with Crippen LogP contribution in [0.1, 0.15) is 40.3 Å². The molecule has 1 aliphatic rings. The quantitative estimate of drug-likeness (QED) is 0.501. The lowest BCUT2D eigenvalue weighted by Gasteiger charge is -2.25. The second kappa shape index (κ2) is 7.54. The number of aromatic amines is 1. The molecule has 2 N–H and O–H groups in total. The number of aromatic hydroxyl groups is 1. The van der Waals surface area contributed by atoms with Crippen LogP contribution in [0, 0.1) is 6.57 Å². The number of H-pyrrole nitrogens is 1. The summed E-state index contributed by atoms with van der Waals surface area (Å²) >= 11 is 0.958. The van der Waals surface area contributed by atoms with Crippen LogP contribution < -0.4 is 9.61 Å². The minimum atomic E-state index is -4.65. The molecule has 9 heteroatoms. The smallest absolute Gasteiger partial charge is 0.418 e. The Balaban J connectivity index is 1.68. The van der Waals surface area contributed by atoms with Gasteiger partial charge in [-0.05, 0) is 54.7 Å². The number of rotatable bonds is 3. The van der Waals surface area contributed by atoms with Crippen LogP contribution in [0.15, 0.2) is 41.2 Å². The number of benzene rings is 2. The Bertz CT molecular complexity index is 1210. The second-order valence-electron chi connectivity index (χ2n) is 6.92. The monoisotopic (exact) mass is 432 g/mol. The third-order valence-electron chi connectivity index (χ3n) is 5.03. The number of nitrogens with zero attached hydrogens (tertiary/aromatic N) is 1. The summed E-state index contributed by atoms with van der Waals surface area (Å²) in [5.41, 5.74) is 0.691. The van der Waals surface area contributed by atoms with E-state index in [1.165, 1.54) is 6.07 Å². The molecule has 0 unspecified atom stereocenters. The Labute approximate surface area is 173 Å². The molecule has 30 heavy (non-hydrogen) atoms. The molecule has 0 fully saturated rings. The molecule has 0 saturated carbocycles. The summed E-state index contributed by atoms with van der Waals surface area (Å²) in [5, 5.41) is 10.0. The van der Waals surface area contributed by atoms with Gasteiger partial charge in [-0.3, -0.25) is 9.78 Å². The zero-order valence-corrected chi connectivity index (χ0v) is 16.2. The highest BCUT2D eigenvalue weighted by atomic mass is 32.1. The van der Waals surface area contributed by atoms with Crippen LogP contribution in [0.4, 0.5) is 18.9 Å². The Morgan fingerprint density at radius 2 is 2.03 bits per heavy atom. The van der Waals surface area contributed by atoms with Gasteiger partial charge in [-0.1, -0.05) is 23.5 Å². The van der Waals surface area contributed by atoms with Crippen LogP contribution in [0.5, 0.6) is 17.4 Å². The molecule has 3 aromatic rings. The van der Waals surface area contributed by atoms with Gasteiger partial charge in [0.2, 0.25) is 5.88 Å². The van der Waals surface area contributed by atoms with E-state index < -0.39 is 11.7 Å². The van der Waals surface area contributed by atoms with Gasteiger partial charge in [0.25, 0.3) is 0 Å². The van der Waals surface area contributed by atoms with Crippen molar-refractivity contribution in [1.82, 2.24) is 4.98 Å². The average molecular weight is 432 g/mol. The predicted octanol–water partition coefficient (Wildman–Crippen LogP) is 5.97. The van der Waals surface area contributed by atoms with Gasteiger partial charge in [0.1, 0.15) is 11.5 Å². The van der Waals surface area contributed by atoms with Crippen molar-refractivity contribution in [2.75, 3.05) is 0 Å². The molecule has 1 aliphatic carbocycles. The van der Waals surface area contributed by atoms with Crippen molar-refractivity contribution in [3.63, 3.8) is 0 Å². The van der Waals surface area contributed by atoms with Crippen LogP contribution in [0.2, 0.25) is 0 Å². The van der Waals surface area contributed by atoms with Crippen LogP contribution >= 0.6 is 11.3 Å². The maximum absolute atomic E-state index is 13.4. The van der Waals surface area contributed by atoms with Gasteiger partial charge < -0.3 is 9.84 Å². The summed E-state index contributed by atoms with van der Waals surface area (Å²) in [7, 11) is 0. The summed E-state index contributed by atoms with van der Waals surface area (Å²) in [6.07, 6.45) is -2.38. The van der Waals surface area contributed by atoms with Gasteiger partial charge in [0.15, 0.2) is 5.69 Å². The van der Waals surface area contributed by atoms with Crippen LogP contribution in [-0.4, -0.2) is 10.1 Å². The van der Waals surface area contributed by atoms with E-state index in [4.69, 9.17) is 11.3 Å². The number of halogens is 3. The SMILES string of the molecule is [C-]#[N+]c1ccc(Oc2ccc3c(c2)CCC[C@H]3c2sc(=O)[nH]c2O)c(C(F)(F)F)c1. The van der Waals surface area contributed by atoms with E-state index in [0.717, 1.165) is 47.4 Å². The molecule has 1 heterocycles. The highest BCUT2D eigenvalue weighted by Crippen LogP contribution is 2.44. The fourth-order valence-corrected chi connectivity index (χ4v) is 4.60. The molecule has 2 aromatic carbocycles. The fraction of sp³-hybridized carbons (Fsp3) is 0.238. The molecule has 1 atom stereocenters. The molecule has 0 radical (unpaired) electrons. The normalized spacial score (nSPS) is 16.0. The number of hydrogen-bond donors (Lipinski definition) is 2. The van der Waals surface area contributed by atoms with E-state index in [1.807, 2.05) is 0 Å². The number of aromatic nitrogens is 1. The summed E-state index contributed by atoms with van der Waals surface area (Å²) in [6.45, 7) is 6.93. The fourth-order valence-electron chi connectivity index (χ4n) is 3.72. The van der Waals surface area contributed by atoms with Crippen molar-refractivity contribution in [2.45, 2.75) is 31.4 Å². The lowest BCUT2D eigenvalue weighted by atomic mass is 9.82. The molecular formula is C21H15F3N2O3S. The van der Waals surface area contributed by atoms with Gasteiger partial charge in [0.05, 0.1) is 17.0 Å². The molecule has 0 bridgehead atoms. The van der Waals surface area contributed by atoms with Crippen molar-refractivity contribution in [2.24, 2.45) is 0 Å². The van der Waals surface area contributed by atoms with Gasteiger partial charge in [0, 0.05) is 5.92 Å². The van der Waals surface area contributed by atoms with Crippen molar-refractivity contribution in [1.29, 1.82) is 0 Å². The maximum atomic E-state index is 13.4. The number of aryl methyl sites for hydroxylation is 1. The minimum absolute atomic E-state index is 0.117. The second-order valence-corrected chi connectivity index (χ2v) is 7.94. The van der Waals surface area contributed by atoms with Crippen LogP contribution in [-0.2, 0) is 12.6 Å². The Kier molecular flexibility index (Phi) is 5.03. The lowest BCUT2D eigenvalue weighted by molar-refractivity contribution is -0.138. The Morgan fingerprint density at radius 1 is 1.23 bits per heavy atom. The minimum Gasteiger partial charge on any atom is -0.494 e. The standard InChI is InChI=1S/C21H15F3N2O3S/c1-25-12-5-8-17(16(10-12)21(22,23)24)29-13-6-7-14-11(9-13)3-2-4-15(14)18-19(27)26-20(28)30-18/h5-10,15,27H,2-4H2,(H,26,28)/t15-/m1/s1. The number of ether oxygens (including phenoxy) is 1. The maximum Gasteiger partial charge on any atom is 0.418 e. The summed E-state index contributed by atoms with van der Waals surface area (Å²) in [4.78, 5) is 17.2. The first-order chi connectivity index (χ1) is 14.3. The van der Waals surface area contributed by atoms with Crippen molar-refractivity contribution in [3.05, 3.63) is 79.1 Å². The van der Waals surface area contributed by atoms with Gasteiger partial charge in [-0.2, -0.15) is 13.2 Å². The van der Waals surface area contributed by atoms with E-state index in [0.29, 0.717) is 11.3 Å². The van der Waals surface area contributed by atoms with Crippen molar-refractivity contribution < 1.29 is 23.0 Å². The molecule has 0 aliphatic heterocycles. The molecule has 0 spiro atoms. The van der Waals surface area contributed by atoms with E-state index in [9.17, 15) is 23.1 Å². The topological polar surface area (TPSA) is 66.7 Å². The van der Waals surface area contributed by atoms with Gasteiger partial charge in [-0.15, -0.1) is 0 Å². The van der Waals surface area contributed by atoms with Crippen molar-refractivity contribution in [3.8, 4) is 17.4 Å². The zero-order valence-electron chi connectivity index (χ0n) is 15.4. The highest BCUT2D eigenvalue weighted by Gasteiger charge is 2.35. The molecule has 5 nitrogen and oxygen atoms in total. The molecule has 4 rings (SSSR count). The zero-order chi connectivity index (χ0) is 21.5. The van der Waals surface area contributed by atoms with E-state index >= 15 is 0 Å². The molecule has 154 valence electrons. The number of fused-ring (bicyclic) bond motifs is 1. The van der Waals surface area contributed by atoms with Gasteiger partial charge >= 0.3 is 11.0 Å². The third-order valence-corrected chi connectivity index (χ3v) is 6.01. The van der Waals surface area contributed by atoms with Crippen LogP contribution in [0.3, 0.4) is 0 Å². The largest absolute Gasteiger partial charge is 0.494 e. The first kappa shape index (κ1) is 20.0. The number of thiazole rings is 1. The number of nitrogens with one attached hydrogen (secondary N) is 1. The molecule has 1 aromatic heterocycles. The number of hydrogen-bond acceptors (Lipinski definition) is 4. The third kappa shape index (κ3) is 3.78.